The maximum Gasteiger partial charge on any atom is 0.320 e. The number of amides is 2. The molecule has 0 spiro atoms. The largest absolute Gasteiger partial charge is 0.335 e. The van der Waals surface area contributed by atoms with Gasteiger partial charge in [-0.15, -0.1) is 0 Å². The summed E-state index contributed by atoms with van der Waals surface area (Å²) < 4.78 is 0. The van der Waals surface area contributed by atoms with Gasteiger partial charge in [-0.1, -0.05) is 11.8 Å². The van der Waals surface area contributed by atoms with Gasteiger partial charge in [0.05, 0.1) is 6.54 Å². The lowest BCUT2D eigenvalue weighted by molar-refractivity contribution is 0.240. The van der Waals surface area contributed by atoms with E-state index in [4.69, 9.17) is 5.73 Å². The molecule has 2 rings (SSSR count). The zero-order valence-electron chi connectivity index (χ0n) is 10.1. The van der Waals surface area contributed by atoms with Gasteiger partial charge < -0.3 is 11.1 Å². The van der Waals surface area contributed by atoms with Crippen molar-refractivity contribution in [3.05, 3.63) is 23.9 Å². The minimum atomic E-state index is -0.212. The Morgan fingerprint density at radius 1 is 1.56 bits per heavy atom. The SMILES string of the molecule is NCC#Cc1ccnc(NC(=O)NC2CCC2)c1. The Morgan fingerprint density at radius 3 is 3.06 bits per heavy atom. The molecular weight excluding hydrogens is 228 g/mol. The molecule has 1 fully saturated rings. The molecule has 0 unspecified atom stereocenters. The van der Waals surface area contributed by atoms with Crippen LogP contribution in [-0.2, 0) is 0 Å². The fourth-order valence-electron chi connectivity index (χ4n) is 1.62. The number of hydrogen-bond acceptors (Lipinski definition) is 3. The van der Waals surface area contributed by atoms with Crippen LogP contribution in [0, 0.1) is 11.8 Å². The first-order chi connectivity index (χ1) is 8.78. The number of urea groups is 1. The molecule has 0 radical (unpaired) electrons. The second-order valence-electron chi connectivity index (χ2n) is 4.16. The van der Waals surface area contributed by atoms with Crippen molar-refractivity contribution in [2.75, 3.05) is 11.9 Å². The zero-order chi connectivity index (χ0) is 12.8. The van der Waals surface area contributed by atoms with Crippen molar-refractivity contribution in [2.45, 2.75) is 25.3 Å². The van der Waals surface area contributed by atoms with Crippen molar-refractivity contribution >= 4 is 11.8 Å². The highest BCUT2D eigenvalue weighted by atomic mass is 16.2. The van der Waals surface area contributed by atoms with E-state index in [1.165, 1.54) is 6.42 Å². The number of carbonyl (C=O) groups excluding carboxylic acids is 1. The Balaban J connectivity index is 1.93. The molecule has 4 N–H and O–H groups in total. The second kappa shape index (κ2) is 6.03. The summed E-state index contributed by atoms with van der Waals surface area (Å²) in [7, 11) is 0. The summed E-state index contributed by atoms with van der Waals surface area (Å²) in [4.78, 5) is 15.7. The van der Waals surface area contributed by atoms with Crippen molar-refractivity contribution in [3.63, 3.8) is 0 Å². The van der Waals surface area contributed by atoms with Crippen molar-refractivity contribution < 1.29 is 4.79 Å². The van der Waals surface area contributed by atoms with E-state index >= 15 is 0 Å². The van der Waals surface area contributed by atoms with Gasteiger partial charge in [0.2, 0.25) is 0 Å². The highest BCUT2D eigenvalue weighted by Crippen LogP contribution is 2.18. The highest BCUT2D eigenvalue weighted by Gasteiger charge is 2.19. The summed E-state index contributed by atoms with van der Waals surface area (Å²) >= 11 is 0. The molecule has 1 aliphatic carbocycles. The molecule has 5 nitrogen and oxygen atoms in total. The normalized spacial score (nSPS) is 14.1. The van der Waals surface area contributed by atoms with Crippen LogP contribution in [0.1, 0.15) is 24.8 Å². The molecule has 1 aromatic heterocycles. The number of carbonyl (C=O) groups is 1. The van der Waals surface area contributed by atoms with Gasteiger partial charge in [-0.2, -0.15) is 0 Å². The van der Waals surface area contributed by atoms with E-state index in [-0.39, 0.29) is 6.03 Å². The predicted octanol–water partition coefficient (Wildman–Crippen LogP) is 1.07. The van der Waals surface area contributed by atoms with Crippen LogP contribution >= 0.6 is 0 Å². The third kappa shape index (κ3) is 3.47. The van der Waals surface area contributed by atoms with E-state index < -0.39 is 0 Å². The first-order valence-electron chi connectivity index (χ1n) is 6.00. The van der Waals surface area contributed by atoms with Crippen LogP contribution in [0.4, 0.5) is 10.6 Å². The van der Waals surface area contributed by atoms with Gasteiger partial charge in [0.25, 0.3) is 0 Å². The van der Waals surface area contributed by atoms with Gasteiger partial charge in [0.15, 0.2) is 0 Å². The van der Waals surface area contributed by atoms with Gasteiger partial charge >= 0.3 is 6.03 Å². The lowest BCUT2D eigenvalue weighted by Crippen LogP contribution is -2.41. The molecule has 0 aromatic carbocycles. The number of pyridine rings is 1. The number of anilines is 1. The van der Waals surface area contributed by atoms with Gasteiger partial charge in [0, 0.05) is 17.8 Å². The first kappa shape index (κ1) is 12.4. The predicted molar refractivity (Wildman–Crippen MR) is 70.0 cm³/mol. The van der Waals surface area contributed by atoms with Gasteiger partial charge in [-0.3, -0.25) is 5.32 Å². The van der Waals surface area contributed by atoms with E-state index in [1.807, 2.05) is 0 Å². The van der Waals surface area contributed by atoms with Gasteiger partial charge in [-0.25, -0.2) is 9.78 Å². The molecule has 0 bridgehead atoms. The summed E-state index contributed by atoms with van der Waals surface area (Å²) in [5.41, 5.74) is 6.09. The summed E-state index contributed by atoms with van der Waals surface area (Å²) in [5, 5.41) is 5.58. The summed E-state index contributed by atoms with van der Waals surface area (Å²) in [5.74, 6) is 6.15. The van der Waals surface area contributed by atoms with E-state index in [1.54, 1.807) is 18.3 Å². The number of nitrogens with zero attached hydrogens (tertiary/aromatic N) is 1. The number of nitrogens with two attached hydrogens (primary N) is 1. The molecule has 2 amide bonds. The summed E-state index contributed by atoms with van der Waals surface area (Å²) in [6, 6.07) is 3.60. The molecule has 1 aliphatic rings. The summed E-state index contributed by atoms with van der Waals surface area (Å²) in [6.45, 7) is 0.313. The summed E-state index contributed by atoms with van der Waals surface area (Å²) in [6.07, 6.45) is 4.92. The van der Waals surface area contributed by atoms with Crippen LogP contribution in [0.15, 0.2) is 18.3 Å². The Morgan fingerprint density at radius 2 is 2.39 bits per heavy atom. The molecular formula is C13H16N4O. The molecule has 18 heavy (non-hydrogen) atoms. The lowest BCUT2D eigenvalue weighted by atomic mass is 9.93. The molecule has 5 heteroatoms. The van der Waals surface area contributed by atoms with Gasteiger partial charge in [0.1, 0.15) is 5.82 Å². The Labute approximate surface area is 106 Å². The lowest BCUT2D eigenvalue weighted by Gasteiger charge is -2.26. The number of nitrogens with one attached hydrogen (secondary N) is 2. The Bertz CT molecular complexity index is 485. The van der Waals surface area contributed by atoms with Crippen LogP contribution in [0.3, 0.4) is 0 Å². The fourth-order valence-corrected chi connectivity index (χ4v) is 1.62. The van der Waals surface area contributed by atoms with Gasteiger partial charge in [-0.05, 0) is 31.4 Å². The molecule has 1 aromatic rings. The first-order valence-corrected chi connectivity index (χ1v) is 6.00. The average Bonchev–Trinajstić information content (AvgIpc) is 2.32. The maximum absolute atomic E-state index is 11.6. The second-order valence-corrected chi connectivity index (χ2v) is 4.16. The fraction of sp³-hybridized carbons (Fsp3) is 0.385. The average molecular weight is 244 g/mol. The van der Waals surface area contributed by atoms with Crippen molar-refractivity contribution in [1.29, 1.82) is 0 Å². The topological polar surface area (TPSA) is 80.0 Å². The minimum Gasteiger partial charge on any atom is -0.335 e. The molecule has 0 atom stereocenters. The zero-order valence-corrected chi connectivity index (χ0v) is 10.1. The standard InChI is InChI=1S/C13H16N4O/c14-7-2-3-10-6-8-15-12(9-10)17-13(18)16-11-4-1-5-11/h6,8-9,11H,1,4-5,7,14H2,(H2,15,16,17,18). The third-order valence-electron chi connectivity index (χ3n) is 2.78. The van der Waals surface area contributed by atoms with Crippen LogP contribution in [0.5, 0.6) is 0 Å². The number of hydrogen-bond donors (Lipinski definition) is 3. The smallest absolute Gasteiger partial charge is 0.320 e. The maximum atomic E-state index is 11.6. The molecule has 1 saturated carbocycles. The van der Waals surface area contributed by atoms with E-state index in [9.17, 15) is 4.79 Å². The van der Waals surface area contributed by atoms with Crippen molar-refractivity contribution in [3.8, 4) is 11.8 Å². The van der Waals surface area contributed by atoms with Crippen molar-refractivity contribution in [2.24, 2.45) is 5.73 Å². The molecule has 94 valence electrons. The highest BCUT2D eigenvalue weighted by molar-refractivity contribution is 5.88. The minimum absolute atomic E-state index is 0.212. The van der Waals surface area contributed by atoms with Crippen LogP contribution in [-0.4, -0.2) is 23.6 Å². The number of aromatic nitrogens is 1. The number of rotatable bonds is 2. The van der Waals surface area contributed by atoms with E-state index in [0.29, 0.717) is 18.4 Å². The van der Waals surface area contributed by atoms with Crippen LogP contribution < -0.4 is 16.4 Å². The van der Waals surface area contributed by atoms with E-state index in [0.717, 1.165) is 18.4 Å². The molecule has 0 saturated heterocycles. The third-order valence-corrected chi connectivity index (χ3v) is 2.78. The monoisotopic (exact) mass is 244 g/mol. The van der Waals surface area contributed by atoms with E-state index in [2.05, 4.69) is 27.5 Å². The molecule has 1 heterocycles. The quantitative estimate of drug-likeness (QED) is 0.681. The Hall–Kier alpha value is -2.06. The molecule has 0 aliphatic heterocycles. The van der Waals surface area contributed by atoms with Crippen molar-refractivity contribution in [1.82, 2.24) is 10.3 Å². The van der Waals surface area contributed by atoms with Crippen LogP contribution in [0.2, 0.25) is 0 Å². The Kier molecular flexibility index (Phi) is 4.15. The van der Waals surface area contributed by atoms with Crippen LogP contribution in [0.25, 0.3) is 0 Å².